The predicted octanol–water partition coefficient (Wildman–Crippen LogP) is 2.82. The van der Waals surface area contributed by atoms with Gasteiger partial charge in [-0.25, -0.2) is 0 Å². The minimum Gasteiger partial charge on any atom is -0.471 e. The summed E-state index contributed by atoms with van der Waals surface area (Å²) in [4.78, 5) is 10.5. The normalized spacial score (nSPS) is 10.5. The number of rotatable bonds is 5. The Morgan fingerprint density at radius 1 is 1.55 bits per heavy atom. The number of nitrogens with one attached hydrogen (secondary N) is 1. The van der Waals surface area contributed by atoms with Crippen LogP contribution < -0.4 is 9.88 Å². The number of thiazole rings is 1. The van der Waals surface area contributed by atoms with E-state index in [1.807, 2.05) is 19.1 Å². The third-order valence-electron chi connectivity index (χ3n) is 2.88. The number of anilines is 1. The van der Waals surface area contributed by atoms with E-state index >= 15 is 0 Å². The standard InChI is InChI=1S/C14H16N2O2S2/c1-3-18-14(19)15-11-5-6-12-13(9-11)20-10(2)16(12)7-4-8-17/h5-6,8-9H,3-4,7H2,1-2H3/p+1. The number of ether oxygens (including phenoxy) is 1. The third-order valence-corrected chi connectivity index (χ3v) is 4.16. The molecule has 0 saturated heterocycles. The van der Waals surface area contributed by atoms with E-state index in [1.54, 1.807) is 11.3 Å². The lowest BCUT2D eigenvalue weighted by molar-refractivity contribution is -0.671. The van der Waals surface area contributed by atoms with Crippen molar-refractivity contribution in [2.45, 2.75) is 26.8 Å². The zero-order valence-corrected chi connectivity index (χ0v) is 13.1. The average molecular weight is 309 g/mol. The summed E-state index contributed by atoms with van der Waals surface area (Å²) >= 11 is 6.78. The van der Waals surface area contributed by atoms with Gasteiger partial charge in [0, 0.05) is 18.7 Å². The maximum Gasteiger partial charge on any atom is 0.261 e. The van der Waals surface area contributed by atoms with Gasteiger partial charge in [0.15, 0.2) is 6.54 Å². The molecule has 0 aliphatic rings. The summed E-state index contributed by atoms with van der Waals surface area (Å²) in [5.74, 6) is 0. The molecule has 6 heteroatoms. The fourth-order valence-corrected chi connectivity index (χ4v) is 3.35. The van der Waals surface area contributed by atoms with Crippen LogP contribution in [0.15, 0.2) is 18.2 Å². The minimum absolute atomic E-state index is 0.383. The zero-order chi connectivity index (χ0) is 14.5. The number of hydrogen-bond donors (Lipinski definition) is 1. The lowest BCUT2D eigenvalue weighted by Crippen LogP contribution is -2.35. The molecule has 0 spiro atoms. The Kier molecular flexibility index (Phi) is 5.03. The molecule has 0 aliphatic heterocycles. The molecule has 0 atom stereocenters. The van der Waals surface area contributed by atoms with Crippen LogP contribution in [0.2, 0.25) is 0 Å². The van der Waals surface area contributed by atoms with E-state index < -0.39 is 0 Å². The van der Waals surface area contributed by atoms with Crippen LogP contribution in [0.4, 0.5) is 5.69 Å². The monoisotopic (exact) mass is 309 g/mol. The van der Waals surface area contributed by atoms with Gasteiger partial charge in [-0.15, -0.1) is 0 Å². The first-order chi connectivity index (χ1) is 9.65. The smallest absolute Gasteiger partial charge is 0.261 e. The summed E-state index contributed by atoms with van der Waals surface area (Å²) < 4.78 is 8.55. The third kappa shape index (κ3) is 3.32. The summed E-state index contributed by atoms with van der Waals surface area (Å²) in [6.07, 6.45) is 1.48. The molecule has 0 saturated carbocycles. The van der Waals surface area contributed by atoms with Gasteiger partial charge < -0.3 is 14.8 Å². The van der Waals surface area contributed by atoms with Crippen molar-refractivity contribution < 1.29 is 14.1 Å². The number of hydrogen-bond acceptors (Lipinski definition) is 4. The molecule has 2 rings (SSSR count). The van der Waals surface area contributed by atoms with Crippen LogP contribution in [-0.2, 0) is 16.1 Å². The van der Waals surface area contributed by atoms with Gasteiger partial charge in [-0.1, -0.05) is 11.3 Å². The Morgan fingerprint density at radius 2 is 2.35 bits per heavy atom. The Hall–Kier alpha value is -1.53. The van der Waals surface area contributed by atoms with E-state index in [4.69, 9.17) is 17.0 Å². The molecule has 0 unspecified atom stereocenters. The van der Waals surface area contributed by atoms with E-state index in [1.165, 1.54) is 5.01 Å². The van der Waals surface area contributed by atoms with E-state index in [2.05, 4.69) is 22.9 Å². The summed E-state index contributed by atoms with van der Waals surface area (Å²) in [6, 6.07) is 6.06. The van der Waals surface area contributed by atoms with Crippen molar-refractivity contribution in [1.29, 1.82) is 0 Å². The van der Waals surface area contributed by atoms with Crippen LogP contribution in [0.25, 0.3) is 10.2 Å². The highest BCUT2D eigenvalue weighted by atomic mass is 32.1. The second kappa shape index (κ2) is 6.76. The van der Waals surface area contributed by atoms with Gasteiger partial charge in [-0.3, -0.25) is 0 Å². The van der Waals surface area contributed by atoms with E-state index in [9.17, 15) is 4.79 Å². The van der Waals surface area contributed by atoms with Gasteiger partial charge in [-0.05, 0) is 31.3 Å². The van der Waals surface area contributed by atoms with Crippen molar-refractivity contribution in [3.63, 3.8) is 0 Å². The minimum atomic E-state index is 0.383. The van der Waals surface area contributed by atoms with Crippen LogP contribution >= 0.6 is 23.6 Å². The quantitative estimate of drug-likeness (QED) is 0.524. The van der Waals surface area contributed by atoms with Gasteiger partial charge in [0.1, 0.15) is 11.0 Å². The maximum absolute atomic E-state index is 10.5. The molecule has 0 radical (unpaired) electrons. The molecule has 1 aromatic carbocycles. The number of thiocarbonyl (C=S) groups is 1. The zero-order valence-electron chi connectivity index (χ0n) is 11.5. The Morgan fingerprint density at radius 3 is 3.05 bits per heavy atom. The van der Waals surface area contributed by atoms with Crippen LogP contribution in [0.5, 0.6) is 0 Å². The van der Waals surface area contributed by atoms with Crippen molar-refractivity contribution in [1.82, 2.24) is 0 Å². The molecule has 4 nitrogen and oxygen atoms in total. The Bertz CT molecular complexity index is 637. The summed E-state index contributed by atoms with van der Waals surface area (Å²) in [5.41, 5.74) is 2.06. The summed E-state index contributed by atoms with van der Waals surface area (Å²) in [7, 11) is 0. The second-order valence-electron chi connectivity index (χ2n) is 4.26. The first-order valence-corrected chi connectivity index (χ1v) is 7.68. The number of aldehydes is 1. The highest BCUT2D eigenvalue weighted by Gasteiger charge is 2.17. The predicted molar refractivity (Wildman–Crippen MR) is 85.3 cm³/mol. The van der Waals surface area contributed by atoms with Gasteiger partial charge >= 0.3 is 0 Å². The van der Waals surface area contributed by atoms with E-state index in [0.717, 1.165) is 28.7 Å². The highest BCUT2D eigenvalue weighted by molar-refractivity contribution is 7.80. The van der Waals surface area contributed by atoms with Crippen molar-refractivity contribution >= 4 is 50.9 Å². The lowest BCUT2D eigenvalue weighted by atomic mass is 10.3. The second-order valence-corrected chi connectivity index (χ2v) is 5.86. The Labute approximate surface area is 127 Å². The topological polar surface area (TPSA) is 42.2 Å². The summed E-state index contributed by atoms with van der Waals surface area (Å²) in [6.45, 7) is 5.24. The largest absolute Gasteiger partial charge is 0.471 e. The number of carbonyl (C=O) groups is 1. The van der Waals surface area contributed by atoms with Gasteiger partial charge in [0.25, 0.3) is 5.17 Å². The van der Waals surface area contributed by atoms with Crippen LogP contribution in [0, 0.1) is 6.92 Å². The SMILES string of the molecule is CCOC(=S)Nc1ccc2c(c1)sc(C)[n+]2CCC=O. The van der Waals surface area contributed by atoms with Crippen molar-refractivity contribution in [3.8, 4) is 0 Å². The first-order valence-electron chi connectivity index (χ1n) is 6.46. The summed E-state index contributed by atoms with van der Waals surface area (Å²) in [5, 5.41) is 4.63. The number of aryl methyl sites for hydroxylation is 2. The number of aromatic nitrogens is 1. The van der Waals surface area contributed by atoms with Gasteiger partial charge in [0.05, 0.1) is 13.0 Å². The van der Waals surface area contributed by atoms with Crippen molar-refractivity contribution in [2.75, 3.05) is 11.9 Å². The van der Waals surface area contributed by atoms with E-state index in [-0.39, 0.29) is 0 Å². The molecule has 106 valence electrons. The van der Waals surface area contributed by atoms with E-state index in [0.29, 0.717) is 18.2 Å². The lowest BCUT2D eigenvalue weighted by Gasteiger charge is -2.07. The van der Waals surface area contributed by atoms with Crippen LogP contribution in [-0.4, -0.2) is 18.1 Å². The number of carbonyl (C=O) groups excluding carboxylic acids is 1. The van der Waals surface area contributed by atoms with Gasteiger partial charge in [0.2, 0.25) is 10.5 Å². The Balaban J connectivity index is 2.26. The van der Waals surface area contributed by atoms with Crippen molar-refractivity contribution in [3.05, 3.63) is 23.2 Å². The highest BCUT2D eigenvalue weighted by Crippen LogP contribution is 2.24. The fraction of sp³-hybridized carbons (Fsp3) is 0.357. The van der Waals surface area contributed by atoms with Crippen LogP contribution in [0.3, 0.4) is 0 Å². The average Bonchev–Trinajstić information content (AvgIpc) is 2.71. The van der Waals surface area contributed by atoms with Gasteiger partial charge in [-0.2, -0.15) is 4.57 Å². The number of benzene rings is 1. The molecule has 1 heterocycles. The molecule has 0 fully saturated rings. The molecule has 0 amide bonds. The fourth-order valence-electron chi connectivity index (χ4n) is 2.03. The molecule has 1 N–H and O–H groups in total. The number of fused-ring (bicyclic) bond motifs is 1. The molecule has 20 heavy (non-hydrogen) atoms. The maximum atomic E-state index is 10.5. The van der Waals surface area contributed by atoms with Crippen LogP contribution in [0.1, 0.15) is 18.4 Å². The molecule has 1 aromatic heterocycles. The first kappa shape index (κ1) is 14.9. The molecule has 0 aliphatic carbocycles. The molecular formula is C14H17N2O2S2+. The molecule has 0 bridgehead atoms. The number of nitrogens with zero attached hydrogens (tertiary/aromatic N) is 1. The molecular weight excluding hydrogens is 292 g/mol. The molecule has 2 aromatic rings. The van der Waals surface area contributed by atoms with Crippen molar-refractivity contribution in [2.24, 2.45) is 0 Å².